The number of benzene rings is 1. The van der Waals surface area contributed by atoms with E-state index in [1.807, 2.05) is 17.4 Å². The van der Waals surface area contributed by atoms with Gasteiger partial charge in [-0.05, 0) is 68.0 Å². The van der Waals surface area contributed by atoms with Crippen LogP contribution < -0.4 is 5.32 Å². The smallest absolute Gasteiger partial charge is 0.115 e. The molecule has 3 rings (SSSR count). The van der Waals surface area contributed by atoms with E-state index in [4.69, 9.17) is 0 Å². The first-order valence-electron chi connectivity index (χ1n) is 7.24. The number of thiophene rings is 1. The normalized spacial score (nSPS) is 18.0. The SMILES string of the molecule is Cc1cc(CNC2CCCc3cc(O)ccc32)sc1C. The highest BCUT2D eigenvalue weighted by molar-refractivity contribution is 7.12. The molecule has 0 bridgehead atoms. The van der Waals surface area contributed by atoms with Crippen LogP contribution in [-0.4, -0.2) is 5.11 Å². The van der Waals surface area contributed by atoms with E-state index in [0.29, 0.717) is 11.8 Å². The maximum Gasteiger partial charge on any atom is 0.115 e. The van der Waals surface area contributed by atoms with Crippen LogP contribution in [0.3, 0.4) is 0 Å². The second-order valence-corrected chi connectivity index (χ2v) is 7.00. The van der Waals surface area contributed by atoms with E-state index in [2.05, 4.69) is 31.3 Å². The zero-order valence-corrected chi connectivity index (χ0v) is 12.9. The van der Waals surface area contributed by atoms with Crippen molar-refractivity contribution in [2.45, 2.75) is 45.7 Å². The topological polar surface area (TPSA) is 32.3 Å². The van der Waals surface area contributed by atoms with Crippen LogP contribution >= 0.6 is 11.3 Å². The summed E-state index contributed by atoms with van der Waals surface area (Å²) < 4.78 is 0. The second kappa shape index (κ2) is 5.58. The van der Waals surface area contributed by atoms with Crippen LogP contribution in [0.1, 0.15) is 45.3 Å². The zero-order valence-electron chi connectivity index (χ0n) is 12.1. The molecule has 1 atom stereocenters. The molecule has 0 radical (unpaired) electrons. The van der Waals surface area contributed by atoms with Gasteiger partial charge >= 0.3 is 0 Å². The number of hydrogen-bond acceptors (Lipinski definition) is 3. The first kappa shape index (κ1) is 13.7. The molecule has 1 unspecified atom stereocenters. The Morgan fingerprint density at radius 1 is 1.30 bits per heavy atom. The molecular weight excluding hydrogens is 266 g/mol. The van der Waals surface area contributed by atoms with Crippen molar-refractivity contribution in [2.24, 2.45) is 0 Å². The second-order valence-electron chi connectivity index (χ2n) is 5.66. The third-order valence-corrected chi connectivity index (χ3v) is 5.33. The molecule has 1 heterocycles. The molecule has 1 aliphatic rings. The van der Waals surface area contributed by atoms with Gasteiger partial charge in [0.05, 0.1) is 0 Å². The lowest BCUT2D eigenvalue weighted by Gasteiger charge is -2.26. The third kappa shape index (κ3) is 2.74. The average Bonchev–Trinajstić information content (AvgIpc) is 2.75. The summed E-state index contributed by atoms with van der Waals surface area (Å²) in [5.74, 6) is 0.383. The molecule has 0 spiro atoms. The van der Waals surface area contributed by atoms with Crippen LogP contribution in [0, 0.1) is 13.8 Å². The van der Waals surface area contributed by atoms with E-state index in [1.54, 1.807) is 6.07 Å². The van der Waals surface area contributed by atoms with Crippen molar-refractivity contribution in [3.8, 4) is 5.75 Å². The lowest BCUT2D eigenvalue weighted by Crippen LogP contribution is -2.24. The Balaban J connectivity index is 1.73. The predicted molar refractivity (Wildman–Crippen MR) is 84.4 cm³/mol. The van der Waals surface area contributed by atoms with Crippen molar-refractivity contribution in [2.75, 3.05) is 0 Å². The summed E-state index contributed by atoms with van der Waals surface area (Å²) in [6.45, 7) is 5.29. The summed E-state index contributed by atoms with van der Waals surface area (Å²) >= 11 is 1.88. The number of phenols is 1. The summed E-state index contributed by atoms with van der Waals surface area (Å²) in [5, 5.41) is 13.3. The van der Waals surface area contributed by atoms with Crippen LogP contribution in [0.5, 0.6) is 5.75 Å². The summed E-state index contributed by atoms with van der Waals surface area (Å²) in [6.07, 6.45) is 3.46. The number of fused-ring (bicyclic) bond motifs is 1. The minimum absolute atomic E-state index is 0.383. The number of aromatic hydroxyl groups is 1. The minimum Gasteiger partial charge on any atom is -0.508 e. The molecule has 0 aliphatic heterocycles. The molecule has 0 saturated carbocycles. The van der Waals surface area contributed by atoms with Gasteiger partial charge in [0.2, 0.25) is 0 Å². The molecule has 0 amide bonds. The predicted octanol–water partition coefficient (Wildman–Crippen LogP) is 4.24. The van der Waals surface area contributed by atoms with Crippen LogP contribution in [0.25, 0.3) is 0 Å². The molecule has 0 fully saturated rings. The molecule has 20 heavy (non-hydrogen) atoms. The highest BCUT2D eigenvalue weighted by Crippen LogP contribution is 2.32. The Hall–Kier alpha value is -1.32. The van der Waals surface area contributed by atoms with E-state index in [-0.39, 0.29) is 0 Å². The van der Waals surface area contributed by atoms with Crippen LogP contribution in [0.4, 0.5) is 0 Å². The first-order chi connectivity index (χ1) is 9.63. The summed E-state index contributed by atoms with van der Waals surface area (Å²) in [5.41, 5.74) is 4.05. The molecule has 3 heteroatoms. The number of aryl methyl sites for hydroxylation is 3. The fourth-order valence-corrected chi connectivity index (χ4v) is 3.98. The molecule has 2 aromatic rings. The van der Waals surface area contributed by atoms with Gasteiger partial charge in [0.1, 0.15) is 5.75 Å². The van der Waals surface area contributed by atoms with E-state index in [9.17, 15) is 5.11 Å². The van der Waals surface area contributed by atoms with Crippen LogP contribution in [0.15, 0.2) is 24.3 Å². The minimum atomic E-state index is 0.383. The number of nitrogens with one attached hydrogen (secondary N) is 1. The Labute approximate surface area is 124 Å². The molecule has 106 valence electrons. The van der Waals surface area contributed by atoms with E-state index >= 15 is 0 Å². The number of hydrogen-bond donors (Lipinski definition) is 2. The van der Waals surface area contributed by atoms with E-state index in [0.717, 1.165) is 13.0 Å². The van der Waals surface area contributed by atoms with Crippen molar-refractivity contribution in [1.29, 1.82) is 0 Å². The molecular formula is C17H21NOS. The highest BCUT2D eigenvalue weighted by Gasteiger charge is 2.20. The van der Waals surface area contributed by atoms with Gasteiger partial charge < -0.3 is 10.4 Å². The van der Waals surface area contributed by atoms with Crippen molar-refractivity contribution in [1.82, 2.24) is 5.32 Å². The van der Waals surface area contributed by atoms with Crippen molar-refractivity contribution in [3.63, 3.8) is 0 Å². The summed E-state index contributed by atoms with van der Waals surface area (Å²) in [6, 6.07) is 8.50. The highest BCUT2D eigenvalue weighted by atomic mass is 32.1. The number of phenolic OH excluding ortho intramolecular Hbond substituents is 1. The van der Waals surface area contributed by atoms with Gasteiger partial charge in [0.15, 0.2) is 0 Å². The van der Waals surface area contributed by atoms with E-state index in [1.165, 1.54) is 39.3 Å². The van der Waals surface area contributed by atoms with Crippen LogP contribution in [-0.2, 0) is 13.0 Å². The van der Waals surface area contributed by atoms with Gasteiger partial charge in [-0.2, -0.15) is 0 Å². The molecule has 0 saturated heterocycles. The zero-order chi connectivity index (χ0) is 14.1. The molecule has 1 aromatic heterocycles. The Bertz CT molecular complexity index is 598. The summed E-state index contributed by atoms with van der Waals surface area (Å²) in [4.78, 5) is 2.82. The van der Waals surface area contributed by atoms with Gasteiger partial charge in [0.25, 0.3) is 0 Å². The van der Waals surface area contributed by atoms with Crippen molar-refractivity contribution in [3.05, 3.63) is 50.7 Å². The monoisotopic (exact) mass is 287 g/mol. The Morgan fingerprint density at radius 3 is 2.90 bits per heavy atom. The first-order valence-corrected chi connectivity index (χ1v) is 8.06. The largest absolute Gasteiger partial charge is 0.508 e. The maximum atomic E-state index is 9.60. The van der Waals surface area contributed by atoms with Gasteiger partial charge in [-0.3, -0.25) is 0 Å². The Kier molecular flexibility index (Phi) is 3.81. The Morgan fingerprint density at radius 2 is 2.15 bits per heavy atom. The van der Waals surface area contributed by atoms with Gasteiger partial charge in [-0.1, -0.05) is 6.07 Å². The quantitative estimate of drug-likeness (QED) is 0.885. The third-order valence-electron chi connectivity index (χ3n) is 4.18. The fourth-order valence-electron chi connectivity index (χ4n) is 2.97. The molecule has 1 aliphatic carbocycles. The van der Waals surface area contributed by atoms with E-state index < -0.39 is 0 Å². The molecule has 2 N–H and O–H groups in total. The average molecular weight is 287 g/mol. The van der Waals surface area contributed by atoms with Gasteiger partial charge in [0, 0.05) is 22.3 Å². The van der Waals surface area contributed by atoms with Gasteiger partial charge in [-0.25, -0.2) is 0 Å². The molecule has 2 nitrogen and oxygen atoms in total. The lowest BCUT2D eigenvalue weighted by atomic mass is 9.87. The van der Waals surface area contributed by atoms with Crippen molar-refractivity contribution >= 4 is 11.3 Å². The number of rotatable bonds is 3. The standard InChI is InChI=1S/C17H21NOS/c1-11-8-15(20-12(11)2)10-18-17-5-3-4-13-9-14(19)6-7-16(13)17/h6-9,17-19H,3-5,10H2,1-2H3. The lowest BCUT2D eigenvalue weighted by molar-refractivity contribution is 0.450. The maximum absolute atomic E-state index is 9.60. The fraction of sp³-hybridized carbons (Fsp3) is 0.412. The summed E-state index contributed by atoms with van der Waals surface area (Å²) in [7, 11) is 0. The van der Waals surface area contributed by atoms with Crippen LogP contribution in [0.2, 0.25) is 0 Å². The van der Waals surface area contributed by atoms with Crippen molar-refractivity contribution < 1.29 is 5.11 Å². The molecule has 1 aromatic carbocycles. The van der Waals surface area contributed by atoms with Gasteiger partial charge in [-0.15, -0.1) is 11.3 Å².